The van der Waals surface area contributed by atoms with Crippen LogP contribution in [0.15, 0.2) is 66.0 Å². The van der Waals surface area contributed by atoms with Gasteiger partial charge >= 0.3 is 0 Å². The predicted octanol–water partition coefficient (Wildman–Crippen LogP) is 3.86. The number of H-pyrrole nitrogens is 1. The van der Waals surface area contributed by atoms with Gasteiger partial charge in [0.25, 0.3) is 0 Å². The summed E-state index contributed by atoms with van der Waals surface area (Å²) in [6.45, 7) is 0.935. The van der Waals surface area contributed by atoms with Gasteiger partial charge in [-0.05, 0) is 55.3 Å². The van der Waals surface area contributed by atoms with Gasteiger partial charge in [-0.2, -0.15) is 4.31 Å². The molecule has 1 aliphatic rings. The number of hydrogen-bond donors (Lipinski definition) is 2. The molecule has 0 atom stereocenters. The first-order valence-electron chi connectivity index (χ1n) is 9.14. The van der Waals surface area contributed by atoms with Crippen LogP contribution in [-0.2, 0) is 10.0 Å². The molecule has 6 nitrogen and oxygen atoms in total. The number of imidazole rings is 1. The summed E-state index contributed by atoms with van der Waals surface area (Å²) in [6, 6.07) is 12.6. The standard InChI is InChI=1S/C20H21FN4O2S/c21-16-4-6-17(7-5-16)24-18-2-1-3-19(12-18)28(26,27)25-10-8-15(9-11-25)20-13-22-14-23-20/h1-7,12-15,24H,8-11H2,(H,22,23). The van der Waals surface area contributed by atoms with E-state index in [4.69, 9.17) is 0 Å². The Labute approximate surface area is 163 Å². The molecule has 1 saturated heterocycles. The molecule has 0 spiro atoms. The van der Waals surface area contributed by atoms with Crippen molar-refractivity contribution < 1.29 is 12.8 Å². The zero-order valence-electron chi connectivity index (χ0n) is 15.2. The summed E-state index contributed by atoms with van der Waals surface area (Å²) < 4.78 is 40.7. The number of aromatic nitrogens is 2. The van der Waals surface area contributed by atoms with Crippen molar-refractivity contribution in [1.29, 1.82) is 0 Å². The molecule has 146 valence electrons. The molecule has 0 aliphatic carbocycles. The number of nitrogens with one attached hydrogen (secondary N) is 2. The molecule has 0 unspecified atom stereocenters. The topological polar surface area (TPSA) is 78.1 Å². The van der Waals surface area contributed by atoms with Crippen LogP contribution in [0.3, 0.4) is 0 Å². The maximum Gasteiger partial charge on any atom is 0.243 e. The van der Waals surface area contributed by atoms with E-state index >= 15 is 0 Å². The third-order valence-corrected chi connectivity index (χ3v) is 6.89. The number of anilines is 2. The van der Waals surface area contributed by atoms with E-state index in [9.17, 15) is 12.8 Å². The van der Waals surface area contributed by atoms with Crippen molar-refractivity contribution in [3.8, 4) is 0 Å². The van der Waals surface area contributed by atoms with E-state index in [0.717, 1.165) is 18.5 Å². The molecule has 0 bridgehead atoms. The monoisotopic (exact) mass is 400 g/mol. The Bertz CT molecular complexity index is 1030. The molecule has 8 heteroatoms. The Balaban J connectivity index is 1.48. The number of sulfonamides is 1. The molecule has 1 aromatic heterocycles. The van der Waals surface area contributed by atoms with Crippen molar-refractivity contribution in [3.63, 3.8) is 0 Å². The van der Waals surface area contributed by atoms with Crippen LogP contribution >= 0.6 is 0 Å². The summed E-state index contributed by atoms with van der Waals surface area (Å²) in [4.78, 5) is 7.49. The molecular formula is C20H21FN4O2S. The Morgan fingerprint density at radius 2 is 1.82 bits per heavy atom. The number of nitrogens with zero attached hydrogens (tertiary/aromatic N) is 2. The van der Waals surface area contributed by atoms with Crippen molar-refractivity contribution in [2.75, 3.05) is 18.4 Å². The largest absolute Gasteiger partial charge is 0.355 e. The number of rotatable bonds is 5. The number of aromatic amines is 1. The fourth-order valence-electron chi connectivity index (χ4n) is 3.47. The molecule has 1 aliphatic heterocycles. The van der Waals surface area contributed by atoms with Crippen molar-refractivity contribution in [3.05, 3.63) is 72.6 Å². The molecular weight excluding hydrogens is 379 g/mol. The van der Waals surface area contributed by atoms with E-state index in [0.29, 0.717) is 24.5 Å². The molecule has 2 N–H and O–H groups in total. The third kappa shape index (κ3) is 3.93. The Morgan fingerprint density at radius 1 is 1.07 bits per heavy atom. The van der Waals surface area contributed by atoms with E-state index in [1.54, 1.807) is 42.7 Å². The summed E-state index contributed by atoms with van der Waals surface area (Å²) in [5.74, 6) is -0.0377. The minimum atomic E-state index is -3.57. The zero-order valence-corrected chi connectivity index (χ0v) is 16.0. The highest BCUT2D eigenvalue weighted by atomic mass is 32.2. The fourth-order valence-corrected chi connectivity index (χ4v) is 4.99. The van der Waals surface area contributed by atoms with E-state index in [2.05, 4.69) is 15.3 Å². The average Bonchev–Trinajstić information content (AvgIpc) is 3.25. The van der Waals surface area contributed by atoms with Gasteiger partial charge in [-0.1, -0.05) is 6.07 Å². The van der Waals surface area contributed by atoms with Crippen LogP contribution in [0.1, 0.15) is 24.5 Å². The van der Waals surface area contributed by atoms with E-state index < -0.39 is 10.0 Å². The minimum Gasteiger partial charge on any atom is -0.355 e. The third-order valence-electron chi connectivity index (χ3n) is 5.00. The van der Waals surface area contributed by atoms with Gasteiger partial charge in [0, 0.05) is 36.6 Å². The van der Waals surface area contributed by atoms with Gasteiger partial charge in [0.2, 0.25) is 10.0 Å². The number of halogens is 1. The second-order valence-corrected chi connectivity index (χ2v) is 8.77. The van der Waals surface area contributed by atoms with Crippen molar-refractivity contribution in [2.24, 2.45) is 0 Å². The molecule has 4 rings (SSSR count). The SMILES string of the molecule is O=S(=O)(c1cccc(Nc2ccc(F)cc2)c1)N1CCC(c2c[nH]cn2)CC1. The molecule has 0 radical (unpaired) electrons. The maximum absolute atomic E-state index is 13.1. The first-order valence-corrected chi connectivity index (χ1v) is 10.6. The number of benzene rings is 2. The van der Waals surface area contributed by atoms with Crippen LogP contribution in [0, 0.1) is 5.82 Å². The van der Waals surface area contributed by atoms with Crippen LogP contribution in [-0.4, -0.2) is 35.8 Å². The number of hydrogen-bond acceptors (Lipinski definition) is 4. The first-order chi connectivity index (χ1) is 13.5. The highest BCUT2D eigenvalue weighted by molar-refractivity contribution is 7.89. The second kappa shape index (κ2) is 7.73. The highest BCUT2D eigenvalue weighted by Crippen LogP contribution is 2.30. The first kappa shape index (κ1) is 18.6. The van der Waals surface area contributed by atoms with Crippen LogP contribution in [0.2, 0.25) is 0 Å². The second-order valence-electron chi connectivity index (χ2n) is 6.83. The van der Waals surface area contributed by atoms with Gasteiger partial charge in [-0.25, -0.2) is 17.8 Å². The average molecular weight is 400 g/mol. The summed E-state index contributed by atoms with van der Waals surface area (Å²) in [5, 5.41) is 3.11. The van der Waals surface area contributed by atoms with Gasteiger partial charge in [0.15, 0.2) is 0 Å². The molecule has 0 saturated carbocycles. The smallest absolute Gasteiger partial charge is 0.243 e. The summed E-state index contributed by atoms with van der Waals surface area (Å²) in [7, 11) is -3.57. The molecule has 1 fully saturated rings. The highest BCUT2D eigenvalue weighted by Gasteiger charge is 2.30. The molecule has 28 heavy (non-hydrogen) atoms. The Kier molecular flexibility index (Phi) is 5.15. The van der Waals surface area contributed by atoms with Crippen LogP contribution in [0.5, 0.6) is 0 Å². The predicted molar refractivity (Wildman–Crippen MR) is 105 cm³/mol. The zero-order chi connectivity index (χ0) is 19.6. The summed E-state index contributed by atoms with van der Waals surface area (Å²) in [6.07, 6.45) is 5.02. The lowest BCUT2D eigenvalue weighted by molar-refractivity contribution is 0.317. The molecule has 2 heterocycles. The lowest BCUT2D eigenvalue weighted by Crippen LogP contribution is -2.37. The van der Waals surface area contributed by atoms with E-state index in [1.807, 2.05) is 6.20 Å². The molecule has 0 amide bonds. The Hall–Kier alpha value is -2.71. The Morgan fingerprint density at radius 3 is 2.50 bits per heavy atom. The van der Waals surface area contributed by atoms with Crippen LogP contribution in [0.4, 0.5) is 15.8 Å². The number of piperidine rings is 1. The van der Waals surface area contributed by atoms with Gasteiger partial charge in [-0.15, -0.1) is 0 Å². The fraction of sp³-hybridized carbons (Fsp3) is 0.250. The van der Waals surface area contributed by atoms with E-state index in [-0.39, 0.29) is 16.6 Å². The van der Waals surface area contributed by atoms with Gasteiger partial charge in [-0.3, -0.25) is 0 Å². The van der Waals surface area contributed by atoms with Gasteiger partial charge in [0.05, 0.1) is 16.9 Å². The van der Waals surface area contributed by atoms with Crippen LogP contribution in [0.25, 0.3) is 0 Å². The normalized spacial score (nSPS) is 16.2. The lowest BCUT2D eigenvalue weighted by atomic mass is 9.95. The van der Waals surface area contributed by atoms with Crippen molar-refractivity contribution in [1.82, 2.24) is 14.3 Å². The van der Waals surface area contributed by atoms with E-state index in [1.165, 1.54) is 16.4 Å². The summed E-state index contributed by atoms with van der Waals surface area (Å²) in [5.41, 5.74) is 2.32. The molecule has 2 aromatic carbocycles. The summed E-state index contributed by atoms with van der Waals surface area (Å²) >= 11 is 0. The van der Waals surface area contributed by atoms with Crippen molar-refractivity contribution in [2.45, 2.75) is 23.7 Å². The maximum atomic E-state index is 13.1. The molecule has 3 aromatic rings. The van der Waals surface area contributed by atoms with Crippen LogP contribution < -0.4 is 5.32 Å². The van der Waals surface area contributed by atoms with Crippen molar-refractivity contribution >= 4 is 21.4 Å². The van der Waals surface area contributed by atoms with Gasteiger partial charge in [0.1, 0.15) is 5.82 Å². The lowest BCUT2D eigenvalue weighted by Gasteiger charge is -2.30. The quantitative estimate of drug-likeness (QED) is 0.682. The van der Waals surface area contributed by atoms with Gasteiger partial charge < -0.3 is 10.3 Å². The minimum absolute atomic E-state index is 0.248.